The molecule has 33 heavy (non-hydrogen) atoms. The molecule has 3 heterocycles. The molecule has 0 aliphatic carbocycles. The summed E-state index contributed by atoms with van der Waals surface area (Å²) in [5, 5.41) is 4.33. The summed E-state index contributed by atoms with van der Waals surface area (Å²) in [5.74, 6) is 0.808. The Morgan fingerprint density at radius 1 is 1.15 bits per heavy atom. The number of hydrogen-bond acceptors (Lipinski definition) is 6. The number of carbonyl (C=O) groups is 1. The van der Waals surface area contributed by atoms with Crippen molar-refractivity contribution >= 4 is 33.1 Å². The summed E-state index contributed by atoms with van der Waals surface area (Å²) in [7, 11) is 0. The van der Waals surface area contributed by atoms with Crippen molar-refractivity contribution in [2.75, 3.05) is 19.7 Å². The molecule has 0 radical (unpaired) electrons. The Morgan fingerprint density at radius 3 is 2.45 bits per heavy atom. The number of nitrogens with one attached hydrogen (secondary N) is 1. The van der Waals surface area contributed by atoms with Gasteiger partial charge in [0.1, 0.15) is 11.5 Å². The maximum Gasteiger partial charge on any atom is 0.508 e. The minimum absolute atomic E-state index is 0.159. The summed E-state index contributed by atoms with van der Waals surface area (Å²) < 4.78 is 14.3. The van der Waals surface area contributed by atoms with E-state index in [1.54, 1.807) is 6.92 Å². The SMILES string of the molecule is CCOC(=O)OC(c1nc(C)nc2c1c(C)cn2-c1c(C)cc(Br)cc1C)C1CCNCC1. The molecule has 0 spiro atoms. The van der Waals surface area contributed by atoms with Gasteiger partial charge >= 0.3 is 6.16 Å². The Balaban J connectivity index is 1.91. The number of nitrogens with zero attached hydrogens (tertiary/aromatic N) is 3. The van der Waals surface area contributed by atoms with Crippen LogP contribution in [0.4, 0.5) is 4.79 Å². The van der Waals surface area contributed by atoms with Crippen LogP contribution in [0.5, 0.6) is 0 Å². The molecule has 1 saturated heterocycles. The normalized spacial score (nSPS) is 15.6. The first-order chi connectivity index (χ1) is 15.8. The van der Waals surface area contributed by atoms with Crippen LogP contribution < -0.4 is 5.32 Å². The van der Waals surface area contributed by atoms with Gasteiger partial charge in [-0.3, -0.25) is 0 Å². The van der Waals surface area contributed by atoms with Gasteiger partial charge in [-0.2, -0.15) is 0 Å². The van der Waals surface area contributed by atoms with Crippen LogP contribution in [0.1, 0.15) is 54.1 Å². The molecule has 0 bridgehead atoms. The van der Waals surface area contributed by atoms with Gasteiger partial charge < -0.3 is 19.4 Å². The topological polar surface area (TPSA) is 78.3 Å². The summed E-state index contributed by atoms with van der Waals surface area (Å²) in [6.07, 6.45) is 2.77. The molecular formula is C25H31BrN4O3. The van der Waals surface area contributed by atoms with E-state index in [1.165, 1.54) is 0 Å². The molecule has 8 heteroatoms. The first-order valence-electron chi connectivity index (χ1n) is 11.5. The van der Waals surface area contributed by atoms with Crippen molar-refractivity contribution in [2.24, 2.45) is 5.92 Å². The van der Waals surface area contributed by atoms with Crippen LogP contribution in [0.3, 0.4) is 0 Å². The zero-order valence-corrected chi connectivity index (χ0v) is 21.5. The fourth-order valence-corrected chi connectivity index (χ4v) is 5.57. The van der Waals surface area contributed by atoms with Crippen molar-refractivity contribution in [3.8, 4) is 5.69 Å². The molecule has 2 aromatic heterocycles. The monoisotopic (exact) mass is 514 g/mol. The van der Waals surface area contributed by atoms with Gasteiger partial charge in [0.25, 0.3) is 0 Å². The zero-order chi connectivity index (χ0) is 23.7. The highest BCUT2D eigenvalue weighted by atomic mass is 79.9. The maximum atomic E-state index is 12.4. The summed E-state index contributed by atoms with van der Waals surface area (Å²) >= 11 is 3.60. The molecule has 1 atom stereocenters. The molecule has 4 rings (SSSR count). The molecule has 1 aromatic carbocycles. The van der Waals surface area contributed by atoms with Crippen molar-refractivity contribution in [1.82, 2.24) is 19.9 Å². The van der Waals surface area contributed by atoms with Crippen LogP contribution in [0, 0.1) is 33.6 Å². The van der Waals surface area contributed by atoms with Gasteiger partial charge in [-0.05, 0) is 89.4 Å². The largest absolute Gasteiger partial charge is 0.508 e. The van der Waals surface area contributed by atoms with Crippen LogP contribution in [0.2, 0.25) is 0 Å². The molecule has 1 aliphatic heterocycles. The molecule has 1 N–H and O–H groups in total. The highest BCUT2D eigenvalue weighted by molar-refractivity contribution is 9.10. The van der Waals surface area contributed by atoms with Crippen LogP contribution in [-0.4, -0.2) is 40.4 Å². The third kappa shape index (κ3) is 4.77. The first-order valence-corrected chi connectivity index (χ1v) is 12.3. The van der Waals surface area contributed by atoms with Gasteiger partial charge in [0, 0.05) is 22.0 Å². The van der Waals surface area contributed by atoms with Crippen LogP contribution >= 0.6 is 15.9 Å². The standard InChI is InChI=1S/C25H31BrN4O3/c1-6-32-25(31)33-23(18-7-9-27-10-8-18)21-20-16(4)13-30(24(20)29-17(5)28-21)22-14(2)11-19(26)12-15(22)3/h11-13,18,23,27H,6-10H2,1-5H3. The quantitative estimate of drug-likeness (QED) is 0.444. The molecular weight excluding hydrogens is 484 g/mol. The Morgan fingerprint density at radius 2 is 1.82 bits per heavy atom. The first kappa shape index (κ1) is 23.7. The van der Waals surface area contributed by atoms with Crippen LogP contribution in [0.25, 0.3) is 16.7 Å². The lowest BCUT2D eigenvalue weighted by atomic mass is 9.89. The third-order valence-corrected chi connectivity index (χ3v) is 6.70. The van der Waals surface area contributed by atoms with E-state index < -0.39 is 12.3 Å². The summed E-state index contributed by atoms with van der Waals surface area (Å²) in [4.78, 5) is 22.1. The van der Waals surface area contributed by atoms with Crippen LogP contribution in [-0.2, 0) is 9.47 Å². The number of halogens is 1. The number of aromatic nitrogens is 3. The van der Waals surface area contributed by atoms with Gasteiger partial charge in [0.05, 0.1) is 18.0 Å². The predicted molar refractivity (Wildman–Crippen MR) is 132 cm³/mol. The average Bonchev–Trinajstić information content (AvgIpc) is 3.07. The van der Waals surface area contributed by atoms with Crippen molar-refractivity contribution in [1.29, 1.82) is 0 Å². The molecule has 3 aromatic rings. The molecule has 1 aliphatic rings. The van der Waals surface area contributed by atoms with E-state index >= 15 is 0 Å². The van der Waals surface area contributed by atoms with E-state index in [2.05, 4.69) is 64.9 Å². The Bertz CT molecular complexity index is 1160. The van der Waals surface area contributed by atoms with Gasteiger partial charge in [0.2, 0.25) is 0 Å². The molecule has 1 fully saturated rings. The number of carbonyl (C=O) groups excluding carboxylic acids is 1. The van der Waals surface area contributed by atoms with Gasteiger partial charge in [-0.25, -0.2) is 14.8 Å². The Hall–Kier alpha value is -2.45. The molecule has 0 amide bonds. The maximum absolute atomic E-state index is 12.4. The lowest BCUT2D eigenvalue weighted by molar-refractivity contribution is -0.00409. The van der Waals surface area contributed by atoms with Crippen LogP contribution in [0.15, 0.2) is 22.8 Å². The number of piperidine rings is 1. The minimum atomic E-state index is -0.651. The highest BCUT2D eigenvalue weighted by Crippen LogP contribution is 2.38. The van der Waals surface area contributed by atoms with E-state index in [0.29, 0.717) is 5.82 Å². The molecule has 176 valence electrons. The van der Waals surface area contributed by atoms with E-state index in [9.17, 15) is 4.79 Å². The minimum Gasteiger partial charge on any atom is -0.435 e. The van der Waals surface area contributed by atoms with Gasteiger partial charge in [-0.15, -0.1) is 0 Å². The zero-order valence-electron chi connectivity index (χ0n) is 19.9. The van der Waals surface area contributed by atoms with Crippen molar-refractivity contribution in [3.05, 3.63) is 51.0 Å². The van der Waals surface area contributed by atoms with E-state index in [-0.39, 0.29) is 12.5 Å². The highest BCUT2D eigenvalue weighted by Gasteiger charge is 2.33. The average molecular weight is 515 g/mol. The number of fused-ring (bicyclic) bond motifs is 1. The predicted octanol–water partition coefficient (Wildman–Crippen LogP) is 5.63. The third-order valence-electron chi connectivity index (χ3n) is 6.24. The summed E-state index contributed by atoms with van der Waals surface area (Å²) in [5.41, 5.74) is 6.04. The number of benzene rings is 1. The second-order valence-electron chi connectivity index (χ2n) is 8.73. The number of hydrogen-bond donors (Lipinski definition) is 1. The fourth-order valence-electron chi connectivity index (χ4n) is 4.89. The lowest BCUT2D eigenvalue weighted by Gasteiger charge is -2.30. The Kier molecular flexibility index (Phi) is 7.05. The molecule has 0 saturated carbocycles. The van der Waals surface area contributed by atoms with Crippen molar-refractivity contribution in [2.45, 2.75) is 53.6 Å². The second kappa shape index (κ2) is 9.81. The molecule has 7 nitrogen and oxygen atoms in total. The van der Waals surface area contributed by atoms with Gasteiger partial charge in [0.15, 0.2) is 6.10 Å². The lowest BCUT2D eigenvalue weighted by Crippen LogP contribution is -2.33. The molecule has 1 unspecified atom stereocenters. The second-order valence-corrected chi connectivity index (χ2v) is 9.65. The van der Waals surface area contributed by atoms with Gasteiger partial charge in [-0.1, -0.05) is 15.9 Å². The van der Waals surface area contributed by atoms with E-state index in [0.717, 1.165) is 69.5 Å². The van der Waals surface area contributed by atoms with E-state index in [4.69, 9.17) is 19.4 Å². The summed E-state index contributed by atoms with van der Waals surface area (Å²) in [6.45, 7) is 12.0. The summed E-state index contributed by atoms with van der Waals surface area (Å²) in [6, 6.07) is 4.22. The van der Waals surface area contributed by atoms with E-state index in [1.807, 2.05) is 6.92 Å². The smallest absolute Gasteiger partial charge is 0.435 e. The number of rotatable bonds is 5. The fraction of sp³-hybridized carbons (Fsp3) is 0.480. The van der Waals surface area contributed by atoms with Crippen molar-refractivity contribution < 1.29 is 14.3 Å². The Labute approximate surface area is 203 Å². The van der Waals surface area contributed by atoms with Crippen molar-refractivity contribution in [3.63, 3.8) is 0 Å². The number of ether oxygens (including phenoxy) is 2. The number of aryl methyl sites for hydroxylation is 4.